The number of nitrogens with one attached hydrogen (secondary N) is 2. The topological polar surface area (TPSA) is 106 Å². The number of nitrogens with zero attached hydrogens (tertiary/aromatic N) is 1. The summed E-state index contributed by atoms with van der Waals surface area (Å²) in [5, 5.41) is 15.1. The van der Waals surface area contributed by atoms with Crippen molar-refractivity contribution >= 4 is 33.9 Å². The first-order valence-corrected chi connectivity index (χ1v) is 8.33. The van der Waals surface area contributed by atoms with Crippen LogP contribution >= 0.6 is 0 Å². The second-order valence-electron chi connectivity index (χ2n) is 5.89. The van der Waals surface area contributed by atoms with E-state index in [0.29, 0.717) is 16.8 Å². The number of carbonyl (C=O) groups is 1. The largest absolute Gasteiger partial charge is 0.497 e. The Morgan fingerprint density at radius 1 is 1.22 bits per heavy atom. The van der Waals surface area contributed by atoms with Crippen LogP contribution in [0.4, 0.5) is 17.1 Å². The summed E-state index contributed by atoms with van der Waals surface area (Å²) >= 11 is 0. The third kappa shape index (κ3) is 3.55. The maximum Gasteiger partial charge on any atom is 0.354 e. The predicted molar refractivity (Wildman–Crippen MR) is 102 cm³/mol. The molecule has 0 atom stereocenters. The van der Waals surface area contributed by atoms with Gasteiger partial charge in [0.1, 0.15) is 17.0 Å². The maximum absolute atomic E-state index is 12.0. The van der Waals surface area contributed by atoms with Gasteiger partial charge < -0.3 is 19.8 Å². The quantitative estimate of drug-likeness (QED) is 0.381. The molecule has 8 heteroatoms. The van der Waals surface area contributed by atoms with Crippen molar-refractivity contribution < 1.29 is 19.2 Å². The molecule has 0 saturated carbocycles. The number of methoxy groups -OCH3 is 1. The number of aryl methyl sites for hydroxylation is 1. The summed E-state index contributed by atoms with van der Waals surface area (Å²) in [5.41, 5.74) is 2.69. The van der Waals surface area contributed by atoms with Crippen molar-refractivity contribution in [2.24, 2.45) is 0 Å². The average Bonchev–Trinajstić information content (AvgIpc) is 3.09. The number of ether oxygens (including phenoxy) is 2. The first-order chi connectivity index (χ1) is 12.9. The monoisotopic (exact) mass is 369 g/mol. The second kappa shape index (κ2) is 7.36. The van der Waals surface area contributed by atoms with Crippen molar-refractivity contribution in [2.45, 2.75) is 13.8 Å². The molecular formula is C19H19N3O5. The number of benzene rings is 2. The highest BCUT2D eigenvalue weighted by atomic mass is 16.6. The highest BCUT2D eigenvalue weighted by molar-refractivity contribution is 6.04. The number of non-ortho nitro benzene ring substituents is 1. The zero-order valence-corrected chi connectivity index (χ0v) is 15.2. The number of rotatable bonds is 6. The minimum absolute atomic E-state index is 0.117. The summed E-state index contributed by atoms with van der Waals surface area (Å²) < 4.78 is 10.2. The average molecular weight is 369 g/mol. The Morgan fingerprint density at radius 3 is 2.67 bits per heavy atom. The molecule has 3 aromatic rings. The van der Waals surface area contributed by atoms with E-state index in [1.54, 1.807) is 26.2 Å². The fourth-order valence-corrected chi connectivity index (χ4v) is 2.79. The van der Waals surface area contributed by atoms with Crippen LogP contribution in [-0.2, 0) is 4.74 Å². The van der Waals surface area contributed by atoms with E-state index in [-0.39, 0.29) is 23.5 Å². The minimum Gasteiger partial charge on any atom is -0.497 e. The Labute approximate surface area is 155 Å². The van der Waals surface area contributed by atoms with Crippen LogP contribution in [0.25, 0.3) is 10.9 Å². The van der Waals surface area contributed by atoms with Gasteiger partial charge in [-0.2, -0.15) is 0 Å². The Hall–Kier alpha value is -3.55. The van der Waals surface area contributed by atoms with Crippen molar-refractivity contribution in [1.82, 2.24) is 4.98 Å². The molecule has 0 radical (unpaired) electrons. The van der Waals surface area contributed by atoms with Crippen LogP contribution in [0.3, 0.4) is 0 Å². The molecule has 0 aliphatic rings. The highest BCUT2D eigenvalue weighted by Crippen LogP contribution is 2.35. The molecule has 1 aromatic heterocycles. The smallest absolute Gasteiger partial charge is 0.354 e. The summed E-state index contributed by atoms with van der Waals surface area (Å²) in [6, 6.07) is 10.2. The summed E-state index contributed by atoms with van der Waals surface area (Å²) in [6.07, 6.45) is 0. The lowest BCUT2D eigenvalue weighted by Crippen LogP contribution is -2.04. The number of aromatic nitrogens is 1. The Kier molecular flexibility index (Phi) is 4.98. The molecule has 3 rings (SSSR count). The number of hydrogen-bond donors (Lipinski definition) is 2. The van der Waals surface area contributed by atoms with E-state index in [9.17, 15) is 14.9 Å². The van der Waals surface area contributed by atoms with Gasteiger partial charge in [-0.1, -0.05) is 6.07 Å². The normalized spacial score (nSPS) is 10.6. The molecular weight excluding hydrogens is 350 g/mol. The molecule has 0 aliphatic heterocycles. The van der Waals surface area contributed by atoms with Gasteiger partial charge in [0.15, 0.2) is 0 Å². The molecule has 0 unspecified atom stereocenters. The fourth-order valence-electron chi connectivity index (χ4n) is 2.79. The van der Waals surface area contributed by atoms with Gasteiger partial charge in [-0.3, -0.25) is 10.1 Å². The van der Waals surface area contributed by atoms with Crippen molar-refractivity contribution in [2.75, 3.05) is 19.0 Å². The standard InChI is InChI=1S/C19H19N3O5/c1-4-27-19(23)16-10-13-14(7-8-17(22(24)25)18(13)21-16)20-15-9-12(26-3)6-5-11(15)2/h5-10,20-21H,4H2,1-3H3. The van der Waals surface area contributed by atoms with Crippen molar-refractivity contribution in [3.05, 3.63) is 57.8 Å². The van der Waals surface area contributed by atoms with Crippen LogP contribution in [-0.4, -0.2) is 29.6 Å². The molecule has 0 aliphatic carbocycles. The molecule has 0 amide bonds. The zero-order chi connectivity index (χ0) is 19.6. The molecule has 0 bridgehead atoms. The summed E-state index contributed by atoms with van der Waals surface area (Å²) in [5.74, 6) is 0.119. The van der Waals surface area contributed by atoms with Gasteiger partial charge in [-0.25, -0.2) is 4.79 Å². The van der Waals surface area contributed by atoms with E-state index in [2.05, 4.69) is 10.3 Å². The van der Waals surface area contributed by atoms with Gasteiger partial charge >= 0.3 is 5.97 Å². The van der Waals surface area contributed by atoms with E-state index in [0.717, 1.165) is 11.3 Å². The number of aromatic amines is 1. The molecule has 2 aromatic carbocycles. The van der Waals surface area contributed by atoms with Gasteiger partial charge in [-0.15, -0.1) is 0 Å². The van der Waals surface area contributed by atoms with E-state index in [1.165, 1.54) is 6.07 Å². The fraction of sp³-hybridized carbons (Fsp3) is 0.211. The SMILES string of the molecule is CCOC(=O)c1cc2c(Nc3cc(OC)ccc3C)ccc([N+](=O)[O-])c2[nH]1. The van der Waals surface area contributed by atoms with Crippen molar-refractivity contribution in [3.8, 4) is 5.75 Å². The van der Waals surface area contributed by atoms with Gasteiger partial charge in [-0.05, 0) is 37.6 Å². The lowest BCUT2D eigenvalue weighted by molar-refractivity contribution is -0.383. The number of anilines is 2. The highest BCUT2D eigenvalue weighted by Gasteiger charge is 2.20. The zero-order valence-electron chi connectivity index (χ0n) is 15.2. The van der Waals surface area contributed by atoms with Crippen molar-refractivity contribution in [1.29, 1.82) is 0 Å². The molecule has 2 N–H and O–H groups in total. The van der Waals surface area contributed by atoms with Crippen LogP contribution < -0.4 is 10.1 Å². The van der Waals surface area contributed by atoms with E-state index >= 15 is 0 Å². The Morgan fingerprint density at radius 2 is 2.00 bits per heavy atom. The van der Waals surface area contributed by atoms with Crippen LogP contribution in [0.5, 0.6) is 5.75 Å². The number of esters is 1. The van der Waals surface area contributed by atoms with Crippen molar-refractivity contribution in [3.63, 3.8) is 0 Å². The number of fused-ring (bicyclic) bond motifs is 1. The third-order valence-corrected chi connectivity index (χ3v) is 4.18. The Balaban J connectivity index is 2.12. The molecule has 27 heavy (non-hydrogen) atoms. The van der Waals surface area contributed by atoms with E-state index in [4.69, 9.17) is 9.47 Å². The minimum atomic E-state index is -0.563. The van der Waals surface area contributed by atoms with E-state index in [1.807, 2.05) is 25.1 Å². The number of carbonyl (C=O) groups excluding carboxylic acids is 1. The molecule has 140 valence electrons. The van der Waals surface area contributed by atoms with Crippen LogP contribution in [0.1, 0.15) is 23.0 Å². The number of hydrogen-bond acceptors (Lipinski definition) is 6. The predicted octanol–water partition coefficient (Wildman–Crippen LogP) is 4.31. The lowest BCUT2D eigenvalue weighted by atomic mass is 10.1. The van der Waals surface area contributed by atoms with Gasteiger partial charge in [0.05, 0.1) is 18.6 Å². The summed E-state index contributed by atoms with van der Waals surface area (Å²) in [7, 11) is 1.58. The molecule has 0 saturated heterocycles. The van der Waals surface area contributed by atoms with Crippen LogP contribution in [0, 0.1) is 17.0 Å². The summed E-state index contributed by atoms with van der Waals surface area (Å²) in [4.78, 5) is 25.7. The number of H-pyrrole nitrogens is 1. The van der Waals surface area contributed by atoms with Gasteiger partial charge in [0.25, 0.3) is 5.69 Å². The molecule has 0 spiro atoms. The van der Waals surface area contributed by atoms with E-state index < -0.39 is 10.9 Å². The van der Waals surface area contributed by atoms with Crippen LogP contribution in [0.2, 0.25) is 0 Å². The van der Waals surface area contributed by atoms with Crippen LogP contribution in [0.15, 0.2) is 36.4 Å². The lowest BCUT2D eigenvalue weighted by Gasteiger charge is -2.12. The molecule has 0 fully saturated rings. The molecule has 1 heterocycles. The van der Waals surface area contributed by atoms with Gasteiger partial charge in [0.2, 0.25) is 0 Å². The first-order valence-electron chi connectivity index (χ1n) is 8.33. The maximum atomic E-state index is 12.0. The van der Waals surface area contributed by atoms with Gasteiger partial charge in [0, 0.05) is 28.9 Å². The first kappa shape index (κ1) is 18.2. The number of nitro groups is 1. The third-order valence-electron chi connectivity index (χ3n) is 4.18. The summed E-state index contributed by atoms with van der Waals surface area (Å²) in [6.45, 7) is 3.84. The Bertz CT molecular complexity index is 1030. The molecule has 8 nitrogen and oxygen atoms in total. The second-order valence-corrected chi connectivity index (χ2v) is 5.89. The number of nitro benzene ring substituents is 1.